The average Bonchev–Trinajstić information content (AvgIpc) is 3.19. The van der Waals surface area contributed by atoms with E-state index in [1.165, 1.54) is 0 Å². The SMILES string of the molecule is c1ccc(C2OC[C@H]3OC[C@@H]4O[C@@H]4C3O2)cc1. The number of hydrogen-bond donors (Lipinski definition) is 0. The summed E-state index contributed by atoms with van der Waals surface area (Å²) in [6, 6.07) is 9.99. The molecule has 5 atom stereocenters. The van der Waals surface area contributed by atoms with E-state index in [1.807, 2.05) is 30.3 Å². The first-order valence-corrected chi connectivity index (χ1v) is 6.01. The van der Waals surface area contributed by atoms with Crippen LogP contribution in [-0.4, -0.2) is 37.6 Å². The average molecular weight is 234 g/mol. The van der Waals surface area contributed by atoms with Gasteiger partial charge in [0.05, 0.1) is 13.2 Å². The van der Waals surface area contributed by atoms with Gasteiger partial charge in [-0.1, -0.05) is 30.3 Å². The lowest BCUT2D eigenvalue weighted by atomic mass is 10.0. The molecule has 3 heterocycles. The van der Waals surface area contributed by atoms with Gasteiger partial charge >= 0.3 is 0 Å². The minimum absolute atomic E-state index is 0.0210. The third-order valence-corrected chi connectivity index (χ3v) is 3.55. The van der Waals surface area contributed by atoms with E-state index in [1.54, 1.807) is 0 Å². The number of epoxide rings is 1. The Hall–Kier alpha value is -0.940. The molecule has 2 unspecified atom stereocenters. The van der Waals surface area contributed by atoms with E-state index in [4.69, 9.17) is 18.9 Å². The van der Waals surface area contributed by atoms with Crippen LogP contribution in [0.3, 0.4) is 0 Å². The van der Waals surface area contributed by atoms with Crippen molar-refractivity contribution in [3.8, 4) is 0 Å². The lowest BCUT2D eigenvalue weighted by Crippen LogP contribution is -2.49. The molecule has 1 aromatic rings. The molecule has 0 amide bonds. The summed E-state index contributed by atoms with van der Waals surface area (Å²) in [7, 11) is 0. The summed E-state index contributed by atoms with van der Waals surface area (Å²) >= 11 is 0. The van der Waals surface area contributed by atoms with E-state index < -0.39 is 0 Å². The minimum Gasteiger partial charge on any atom is -0.370 e. The Morgan fingerprint density at radius 1 is 0.824 bits per heavy atom. The highest BCUT2D eigenvalue weighted by Gasteiger charge is 2.55. The maximum absolute atomic E-state index is 5.96. The van der Waals surface area contributed by atoms with Gasteiger partial charge in [-0.25, -0.2) is 0 Å². The van der Waals surface area contributed by atoms with Gasteiger partial charge in [0.25, 0.3) is 0 Å². The Bertz CT molecular complexity index is 407. The summed E-state index contributed by atoms with van der Waals surface area (Å²) < 4.78 is 22.8. The van der Waals surface area contributed by atoms with Crippen molar-refractivity contribution in [1.82, 2.24) is 0 Å². The van der Waals surface area contributed by atoms with E-state index in [2.05, 4.69) is 0 Å². The van der Waals surface area contributed by atoms with E-state index in [9.17, 15) is 0 Å². The van der Waals surface area contributed by atoms with E-state index >= 15 is 0 Å². The Kier molecular flexibility index (Phi) is 2.23. The van der Waals surface area contributed by atoms with Crippen LogP contribution in [-0.2, 0) is 18.9 Å². The summed E-state index contributed by atoms with van der Waals surface area (Å²) in [5.41, 5.74) is 1.05. The van der Waals surface area contributed by atoms with Crippen LogP contribution >= 0.6 is 0 Å². The number of hydrogen-bond acceptors (Lipinski definition) is 4. The van der Waals surface area contributed by atoms with Gasteiger partial charge in [0.2, 0.25) is 0 Å². The molecule has 0 saturated carbocycles. The summed E-state index contributed by atoms with van der Waals surface area (Å²) in [6.45, 7) is 1.26. The Morgan fingerprint density at radius 3 is 2.47 bits per heavy atom. The van der Waals surface area contributed by atoms with Gasteiger partial charge in [0, 0.05) is 5.56 Å². The van der Waals surface area contributed by atoms with Crippen LogP contribution in [0.2, 0.25) is 0 Å². The Morgan fingerprint density at radius 2 is 1.59 bits per heavy atom. The maximum Gasteiger partial charge on any atom is 0.184 e. The molecule has 0 spiro atoms. The molecule has 0 bridgehead atoms. The lowest BCUT2D eigenvalue weighted by molar-refractivity contribution is -0.273. The van der Waals surface area contributed by atoms with E-state index in [0.29, 0.717) is 13.2 Å². The van der Waals surface area contributed by atoms with Crippen LogP contribution < -0.4 is 0 Å². The second-order valence-electron chi connectivity index (χ2n) is 4.69. The summed E-state index contributed by atoms with van der Waals surface area (Å²) in [4.78, 5) is 0. The quantitative estimate of drug-likeness (QED) is 0.686. The van der Waals surface area contributed by atoms with Gasteiger partial charge in [-0.15, -0.1) is 0 Å². The highest BCUT2D eigenvalue weighted by Crippen LogP contribution is 2.40. The molecule has 3 saturated heterocycles. The normalized spacial score (nSPS) is 43.6. The number of rotatable bonds is 1. The molecule has 4 rings (SSSR count). The fourth-order valence-electron chi connectivity index (χ4n) is 2.56. The molecule has 3 aliphatic rings. The van der Waals surface area contributed by atoms with Crippen LogP contribution in [0.5, 0.6) is 0 Å². The second-order valence-corrected chi connectivity index (χ2v) is 4.69. The Balaban J connectivity index is 1.53. The summed E-state index contributed by atoms with van der Waals surface area (Å²) in [5.74, 6) is 0. The highest BCUT2D eigenvalue weighted by atomic mass is 16.7. The zero-order valence-corrected chi connectivity index (χ0v) is 9.32. The molecule has 0 radical (unpaired) electrons. The molecule has 17 heavy (non-hydrogen) atoms. The van der Waals surface area contributed by atoms with Gasteiger partial charge < -0.3 is 18.9 Å². The van der Waals surface area contributed by atoms with Gasteiger partial charge in [0.15, 0.2) is 6.29 Å². The second kappa shape index (κ2) is 3.78. The number of fused-ring (bicyclic) bond motifs is 3. The first-order chi connectivity index (χ1) is 8.42. The molecule has 0 aliphatic carbocycles. The summed E-state index contributed by atoms with van der Waals surface area (Å²) in [6.07, 6.45) is 0.213. The van der Waals surface area contributed by atoms with Gasteiger partial charge in [-0.05, 0) is 0 Å². The van der Waals surface area contributed by atoms with Crippen molar-refractivity contribution in [3.05, 3.63) is 35.9 Å². The Labute approximate surface area is 99.4 Å². The third kappa shape index (κ3) is 1.68. The van der Waals surface area contributed by atoms with Gasteiger partial charge in [-0.3, -0.25) is 0 Å². The molecule has 0 N–H and O–H groups in total. The minimum atomic E-state index is -0.288. The smallest absolute Gasteiger partial charge is 0.184 e. The first-order valence-electron chi connectivity index (χ1n) is 6.01. The van der Waals surface area contributed by atoms with Crippen LogP contribution in [0.15, 0.2) is 30.3 Å². The monoisotopic (exact) mass is 234 g/mol. The molecule has 4 nitrogen and oxygen atoms in total. The molecule has 0 aromatic heterocycles. The van der Waals surface area contributed by atoms with Crippen molar-refractivity contribution >= 4 is 0 Å². The van der Waals surface area contributed by atoms with Crippen LogP contribution in [0.4, 0.5) is 0 Å². The largest absolute Gasteiger partial charge is 0.370 e. The molecule has 90 valence electrons. The molecular weight excluding hydrogens is 220 g/mol. The van der Waals surface area contributed by atoms with Crippen molar-refractivity contribution in [2.75, 3.05) is 13.2 Å². The topological polar surface area (TPSA) is 40.2 Å². The van der Waals surface area contributed by atoms with Crippen molar-refractivity contribution < 1.29 is 18.9 Å². The maximum atomic E-state index is 5.96. The van der Waals surface area contributed by atoms with Crippen LogP contribution in [0, 0.1) is 0 Å². The standard InChI is InChI=1S/C13H14O4/c1-2-4-8(5-3-1)13-15-6-9-11(17-13)12-10(16-12)7-14-9/h1-5,9-13H,6-7H2/t9-,10+,11?,12+,13?/m1/s1. The molecule has 3 aliphatic heterocycles. The third-order valence-electron chi connectivity index (χ3n) is 3.55. The predicted octanol–water partition coefficient (Wildman–Crippen LogP) is 1.27. The number of ether oxygens (including phenoxy) is 4. The van der Waals surface area contributed by atoms with Gasteiger partial charge in [0.1, 0.15) is 24.4 Å². The zero-order valence-electron chi connectivity index (χ0n) is 9.32. The van der Waals surface area contributed by atoms with Crippen LogP contribution in [0.25, 0.3) is 0 Å². The van der Waals surface area contributed by atoms with E-state index in [0.717, 1.165) is 5.56 Å². The zero-order chi connectivity index (χ0) is 11.2. The first kappa shape index (κ1) is 10.0. The van der Waals surface area contributed by atoms with Crippen molar-refractivity contribution in [2.24, 2.45) is 0 Å². The highest BCUT2D eigenvalue weighted by molar-refractivity contribution is 5.17. The molecule has 3 fully saturated rings. The van der Waals surface area contributed by atoms with Crippen LogP contribution in [0.1, 0.15) is 11.9 Å². The van der Waals surface area contributed by atoms with Crippen molar-refractivity contribution in [1.29, 1.82) is 0 Å². The van der Waals surface area contributed by atoms with Crippen molar-refractivity contribution in [3.63, 3.8) is 0 Å². The van der Waals surface area contributed by atoms with E-state index in [-0.39, 0.29) is 30.7 Å². The van der Waals surface area contributed by atoms with Gasteiger partial charge in [-0.2, -0.15) is 0 Å². The molecular formula is C13H14O4. The summed E-state index contributed by atoms with van der Waals surface area (Å²) in [5, 5.41) is 0. The fraction of sp³-hybridized carbons (Fsp3) is 0.538. The lowest BCUT2D eigenvalue weighted by Gasteiger charge is -2.37. The fourth-order valence-corrected chi connectivity index (χ4v) is 2.56. The molecule has 4 heteroatoms. The molecule has 1 aromatic carbocycles. The number of benzene rings is 1. The predicted molar refractivity (Wildman–Crippen MR) is 58.4 cm³/mol. The van der Waals surface area contributed by atoms with Crippen molar-refractivity contribution in [2.45, 2.75) is 30.7 Å².